The summed E-state index contributed by atoms with van der Waals surface area (Å²) in [6, 6.07) is 6.86. The van der Waals surface area contributed by atoms with Crippen LogP contribution in [0.15, 0.2) is 23.2 Å². The maximum absolute atomic E-state index is 5.68. The third kappa shape index (κ3) is 2.67. The van der Waals surface area contributed by atoms with Crippen molar-refractivity contribution in [3.8, 4) is 0 Å². The Kier molecular flexibility index (Phi) is 4.19. The number of aryl methyl sites for hydroxylation is 2. The van der Waals surface area contributed by atoms with Gasteiger partial charge in [-0.1, -0.05) is 23.8 Å². The summed E-state index contributed by atoms with van der Waals surface area (Å²) >= 11 is 0. The van der Waals surface area contributed by atoms with Gasteiger partial charge in [0.05, 0.1) is 6.04 Å². The fourth-order valence-electron chi connectivity index (χ4n) is 2.06. The Labute approximate surface area is 103 Å². The molecule has 3 nitrogen and oxygen atoms in total. The van der Waals surface area contributed by atoms with Gasteiger partial charge in [-0.15, -0.1) is 12.4 Å². The Morgan fingerprint density at radius 3 is 2.75 bits per heavy atom. The molecule has 16 heavy (non-hydrogen) atoms. The summed E-state index contributed by atoms with van der Waals surface area (Å²) in [6.45, 7) is 5.07. The van der Waals surface area contributed by atoms with Gasteiger partial charge in [0, 0.05) is 6.54 Å². The number of halogens is 1. The van der Waals surface area contributed by atoms with E-state index in [-0.39, 0.29) is 12.4 Å². The minimum Gasteiger partial charge on any atom is -0.370 e. The molecule has 0 fully saturated rings. The lowest BCUT2D eigenvalue weighted by molar-refractivity contribution is 0.566. The van der Waals surface area contributed by atoms with Crippen LogP contribution in [0, 0.1) is 13.8 Å². The highest BCUT2D eigenvalue weighted by Gasteiger charge is 2.17. The third-order valence-electron chi connectivity index (χ3n) is 2.82. The second-order valence-corrected chi connectivity index (χ2v) is 4.11. The maximum atomic E-state index is 5.68. The largest absolute Gasteiger partial charge is 0.370 e. The Morgan fingerprint density at radius 1 is 1.38 bits per heavy atom. The van der Waals surface area contributed by atoms with Crippen molar-refractivity contribution in [2.75, 3.05) is 6.54 Å². The third-order valence-corrected chi connectivity index (χ3v) is 2.82. The first-order valence-electron chi connectivity index (χ1n) is 5.30. The van der Waals surface area contributed by atoms with Gasteiger partial charge in [0.25, 0.3) is 0 Å². The number of aliphatic imine (C=N–C) groups is 1. The molecule has 0 radical (unpaired) electrons. The molecule has 0 saturated carbocycles. The number of guanidine groups is 1. The van der Waals surface area contributed by atoms with Gasteiger partial charge in [0.15, 0.2) is 5.96 Å². The minimum atomic E-state index is 0. The summed E-state index contributed by atoms with van der Waals surface area (Å²) in [6.07, 6.45) is 1.02. The fourth-order valence-corrected chi connectivity index (χ4v) is 2.06. The highest BCUT2D eigenvalue weighted by atomic mass is 35.5. The van der Waals surface area contributed by atoms with E-state index in [0.717, 1.165) is 13.0 Å². The van der Waals surface area contributed by atoms with E-state index in [2.05, 4.69) is 42.4 Å². The second-order valence-electron chi connectivity index (χ2n) is 4.11. The topological polar surface area (TPSA) is 50.4 Å². The molecule has 1 aromatic carbocycles. The average molecular weight is 240 g/mol. The van der Waals surface area contributed by atoms with Gasteiger partial charge in [-0.3, -0.25) is 4.99 Å². The number of hydrogen-bond acceptors (Lipinski definition) is 3. The minimum absolute atomic E-state index is 0. The number of benzene rings is 1. The molecule has 0 aromatic heterocycles. The average Bonchev–Trinajstić information content (AvgIpc) is 2.17. The van der Waals surface area contributed by atoms with Crippen molar-refractivity contribution < 1.29 is 0 Å². The molecule has 3 N–H and O–H groups in total. The number of rotatable bonds is 1. The summed E-state index contributed by atoms with van der Waals surface area (Å²) in [7, 11) is 0. The molecule has 1 aromatic rings. The van der Waals surface area contributed by atoms with Crippen molar-refractivity contribution in [3.05, 3.63) is 34.9 Å². The number of nitrogens with two attached hydrogens (primary N) is 1. The Hall–Kier alpha value is -1.22. The fraction of sp³-hybridized carbons (Fsp3) is 0.417. The van der Waals surface area contributed by atoms with Gasteiger partial charge in [0.2, 0.25) is 0 Å². The highest BCUT2D eigenvalue weighted by Crippen LogP contribution is 2.23. The first-order valence-corrected chi connectivity index (χ1v) is 5.30. The molecule has 88 valence electrons. The molecule has 0 spiro atoms. The van der Waals surface area contributed by atoms with Gasteiger partial charge in [-0.2, -0.15) is 0 Å². The van der Waals surface area contributed by atoms with Crippen LogP contribution < -0.4 is 11.1 Å². The van der Waals surface area contributed by atoms with E-state index >= 15 is 0 Å². The molecule has 4 heteroatoms. The summed E-state index contributed by atoms with van der Waals surface area (Å²) < 4.78 is 0. The van der Waals surface area contributed by atoms with E-state index in [4.69, 9.17) is 5.73 Å². The number of hydrogen-bond donors (Lipinski definition) is 2. The molecule has 1 aliphatic heterocycles. The predicted octanol–water partition coefficient (Wildman–Crippen LogP) is 2.07. The second kappa shape index (κ2) is 5.21. The lowest BCUT2D eigenvalue weighted by Crippen LogP contribution is -2.38. The molecule has 0 aliphatic carbocycles. The monoisotopic (exact) mass is 239 g/mol. The summed E-state index contributed by atoms with van der Waals surface area (Å²) in [4.78, 5) is 4.14. The smallest absolute Gasteiger partial charge is 0.189 e. The molecule has 1 unspecified atom stereocenters. The van der Waals surface area contributed by atoms with E-state index in [1.807, 2.05) is 0 Å². The molecule has 1 heterocycles. The lowest BCUT2D eigenvalue weighted by Gasteiger charge is -2.24. The highest BCUT2D eigenvalue weighted by molar-refractivity contribution is 5.85. The van der Waals surface area contributed by atoms with E-state index in [1.165, 1.54) is 16.7 Å². The zero-order valence-corrected chi connectivity index (χ0v) is 10.5. The Balaban J connectivity index is 0.00000128. The standard InChI is InChI=1S/C12H17N3.ClH/c1-8-3-4-10(9(2)7-8)11-5-6-14-12(13)15-11;/h3-4,7,11H,5-6H2,1-2H3,(H3,13,14,15);1H. The molecule has 1 atom stereocenters. The molecular formula is C12H18ClN3. The predicted molar refractivity (Wildman–Crippen MR) is 70.1 cm³/mol. The van der Waals surface area contributed by atoms with E-state index in [0.29, 0.717) is 12.0 Å². The van der Waals surface area contributed by atoms with Crippen molar-refractivity contribution in [1.29, 1.82) is 0 Å². The van der Waals surface area contributed by atoms with Gasteiger partial charge < -0.3 is 11.1 Å². The number of nitrogens with one attached hydrogen (secondary N) is 1. The van der Waals surface area contributed by atoms with E-state index in [9.17, 15) is 0 Å². The summed E-state index contributed by atoms with van der Waals surface area (Å²) in [5.74, 6) is 0.561. The Bertz CT molecular complexity index is 401. The van der Waals surface area contributed by atoms with Crippen LogP contribution >= 0.6 is 12.4 Å². The molecule has 0 saturated heterocycles. The quantitative estimate of drug-likeness (QED) is 0.789. The van der Waals surface area contributed by atoms with Gasteiger partial charge >= 0.3 is 0 Å². The van der Waals surface area contributed by atoms with Crippen molar-refractivity contribution in [2.24, 2.45) is 10.7 Å². The lowest BCUT2D eigenvalue weighted by atomic mass is 9.96. The van der Waals surface area contributed by atoms with E-state index in [1.54, 1.807) is 0 Å². The first kappa shape index (κ1) is 12.8. The molecule has 1 aliphatic rings. The first-order chi connectivity index (χ1) is 7.16. The normalized spacial score (nSPS) is 19.4. The maximum Gasteiger partial charge on any atom is 0.189 e. The van der Waals surface area contributed by atoms with Crippen molar-refractivity contribution >= 4 is 18.4 Å². The molecule has 0 amide bonds. The SMILES string of the molecule is Cc1ccc(C2CCN=C(N)N2)c(C)c1.Cl. The van der Waals surface area contributed by atoms with Crippen LogP contribution in [0.25, 0.3) is 0 Å². The van der Waals surface area contributed by atoms with Crippen molar-refractivity contribution in [3.63, 3.8) is 0 Å². The molecule has 0 bridgehead atoms. The van der Waals surface area contributed by atoms with Crippen molar-refractivity contribution in [2.45, 2.75) is 26.3 Å². The van der Waals surface area contributed by atoms with Gasteiger partial charge in [0.1, 0.15) is 0 Å². The van der Waals surface area contributed by atoms with Crippen LogP contribution in [0.2, 0.25) is 0 Å². The molecular weight excluding hydrogens is 222 g/mol. The van der Waals surface area contributed by atoms with Crippen LogP contribution in [-0.2, 0) is 0 Å². The Morgan fingerprint density at radius 2 is 2.12 bits per heavy atom. The van der Waals surface area contributed by atoms with E-state index < -0.39 is 0 Å². The zero-order valence-electron chi connectivity index (χ0n) is 9.66. The summed E-state index contributed by atoms with van der Waals surface area (Å²) in [5.41, 5.74) is 9.63. The van der Waals surface area contributed by atoms with Gasteiger partial charge in [-0.05, 0) is 31.4 Å². The number of nitrogens with zero attached hydrogens (tertiary/aromatic N) is 1. The summed E-state index contributed by atoms with van der Waals surface area (Å²) in [5, 5.41) is 3.22. The molecule has 2 rings (SSSR count). The van der Waals surface area contributed by atoms with Crippen molar-refractivity contribution in [1.82, 2.24) is 5.32 Å². The zero-order chi connectivity index (χ0) is 10.8. The van der Waals surface area contributed by atoms with Crippen LogP contribution in [0.1, 0.15) is 29.2 Å². The van der Waals surface area contributed by atoms with Crippen LogP contribution in [-0.4, -0.2) is 12.5 Å². The van der Waals surface area contributed by atoms with Gasteiger partial charge in [-0.25, -0.2) is 0 Å². The van der Waals surface area contributed by atoms with Crippen LogP contribution in [0.5, 0.6) is 0 Å². The van der Waals surface area contributed by atoms with Crippen LogP contribution in [0.3, 0.4) is 0 Å². The van der Waals surface area contributed by atoms with Crippen LogP contribution in [0.4, 0.5) is 0 Å².